The fourth-order valence-corrected chi connectivity index (χ4v) is 5.18. The van der Waals surface area contributed by atoms with E-state index in [0.29, 0.717) is 17.9 Å². The highest BCUT2D eigenvalue weighted by Crippen LogP contribution is 2.39. The molecule has 0 bridgehead atoms. The highest BCUT2D eigenvalue weighted by Gasteiger charge is 2.48. The van der Waals surface area contributed by atoms with Gasteiger partial charge in [-0.3, -0.25) is 4.79 Å². The molecule has 38 heavy (non-hydrogen) atoms. The number of ketones is 1. The second kappa shape index (κ2) is 14.8. The van der Waals surface area contributed by atoms with Crippen LogP contribution in [0.4, 0.5) is 0 Å². The molecule has 7 atom stereocenters. The van der Waals surface area contributed by atoms with Crippen molar-refractivity contribution in [3.63, 3.8) is 0 Å². The third-order valence-electron chi connectivity index (χ3n) is 7.19. The number of aliphatic hydroxyl groups excluding tert-OH is 1. The Morgan fingerprint density at radius 1 is 1.18 bits per heavy atom. The number of carboxylic acid groups (broad SMARTS) is 1. The molecule has 0 spiro atoms. The Labute approximate surface area is 228 Å². The molecular formula is C32H46O6. The molecule has 0 amide bonds. The number of aliphatic carboxylic acids is 1. The smallest absolute Gasteiger partial charge is 0.330 e. The number of ether oxygens (including phenoxy) is 1. The van der Waals surface area contributed by atoms with Crippen LogP contribution in [0.15, 0.2) is 71.9 Å². The van der Waals surface area contributed by atoms with Gasteiger partial charge < -0.3 is 14.9 Å². The largest absolute Gasteiger partial charge is 0.478 e. The van der Waals surface area contributed by atoms with Crippen molar-refractivity contribution in [3.05, 3.63) is 71.9 Å². The minimum Gasteiger partial charge on any atom is -0.478 e. The normalized spacial score (nSPS) is 23.8. The Bertz CT molecular complexity index is 1030. The van der Waals surface area contributed by atoms with Gasteiger partial charge in [0.1, 0.15) is 6.10 Å². The van der Waals surface area contributed by atoms with Gasteiger partial charge >= 0.3 is 11.9 Å². The van der Waals surface area contributed by atoms with E-state index in [-0.39, 0.29) is 17.6 Å². The molecule has 0 aromatic rings. The quantitative estimate of drug-likeness (QED) is 0.154. The fourth-order valence-electron chi connectivity index (χ4n) is 5.18. The highest BCUT2D eigenvalue weighted by molar-refractivity contribution is 5.91. The maximum atomic E-state index is 14.0. The predicted octanol–water partition coefficient (Wildman–Crippen LogP) is 6.39. The Morgan fingerprint density at radius 3 is 2.39 bits per heavy atom. The molecular weight excluding hydrogens is 480 g/mol. The van der Waals surface area contributed by atoms with Crippen molar-refractivity contribution in [1.82, 2.24) is 0 Å². The summed E-state index contributed by atoms with van der Waals surface area (Å²) in [6.45, 7) is 18.7. The van der Waals surface area contributed by atoms with E-state index in [4.69, 9.17) is 9.84 Å². The number of aliphatic hydroxyl groups is 1. The lowest BCUT2D eigenvalue weighted by Crippen LogP contribution is -2.50. The molecule has 0 saturated heterocycles. The molecule has 4 unspecified atom stereocenters. The maximum absolute atomic E-state index is 14.0. The third-order valence-corrected chi connectivity index (χ3v) is 7.19. The SMILES string of the molecule is C=C/C(C)=C\C(C)C/C=C/C(C)=C/C(C)(C(=O)C(C)[C@H](O)C(C)C/C(C)=C/C(=O)O)[C@H]1OC(=O)C=C[C@@H]1C. The molecule has 6 nitrogen and oxygen atoms in total. The van der Waals surface area contributed by atoms with Crippen LogP contribution in [0.5, 0.6) is 0 Å². The first-order valence-corrected chi connectivity index (χ1v) is 13.3. The summed E-state index contributed by atoms with van der Waals surface area (Å²) in [6.07, 6.45) is 13.5. The van der Waals surface area contributed by atoms with E-state index in [9.17, 15) is 19.5 Å². The number of carbonyl (C=O) groups excluding carboxylic acids is 2. The number of Topliss-reactive ketones (excluding diaryl/α,β-unsaturated/α-hetero) is 1. The zero-order valence-corrected chi connectivity index (χ0v) is 24.2. The van der Waals surface area contributed by atoms with Gasteiger partial charge in [0, 0.05) is 24.0 Å². The zero-order chi connectivity index (χ0) is 29.2. The summed E-state index contributed by atoms with van der Waals surface area (Å²) in [5, 5.41) is 20.1. The van der Waals surface area contributed by atoms with Crippen LogP contribution in [0, 0.1) is 29.1 Å². The monoisotopic (exact) mass is 526 g/mol. The lowest BCUT2D eigenvalue weighted by molar-refractivity contribution is -0.158. The second-order valence-corrected chi connectivity index (χ2v) is 11.1. The summed E-state index contributed by atoms with van der Waals surface area (Å²) in [7, 11) is 0. The summed E-state index contributed by atoms with van der Waals surface area (Å²) >= 11 is 0. The van der Waals surface area contributed by atoms with Gasteiger partial charge in [0.2, 0.25) is 0 Å². The van der Waals surface area contributed by atoms with Crippen molar-refractivity contribution in [1.29, 1.82) is 0 Å². The van der Waals surface area contributed by atoms with Crippen molar-refractivity contribution in [2.45, 2.75) is 80.4 Å². The van der Waals surface area contributed by atoms with Crippen molar-refractivity contribution in [3.8, 4) is 0 Å². The number of allylic oxidation sites excluding steroid dienone is 7. The maximum Gasteiger partial charge on any atom is 0.330 e. The summed E-state index contributed by atoms with van der Waals surface area (Å²) in [6, 6.07) is 0. The van der Waals surface area contributed by atoms with Crippen molar-refractivity contribution in [2.75, 3.05) is 0 Å². The van der Waals surface area contributed by atoms with Gasteiger partial charge in [0.15, 0.2) is 5.78 Å². The average molecular weight is 527 g/mol. The van der Waals surface area contributed by atoms with Gasteiger partial charge in [-0.1, -0.05) is 87.4 Å². The number of hydrogen-bond donors (Lipinski definition) is 2. The summed E-state index contributed by atoms with van der Waals surface area (Å²) in [5.74, 6) is -2.78. The summed E-state index contributed by atoms with van der Waals surface area (Å²) in [4.78, 5) is 37.2. The number of hydrogen-bond acceptors (Lipinski definition) is 5. The van der Waals surface area contributed by atoms with Crippen LogP contribution in [-0.2, 0) is 19.1 Å². The van der Waals surface area contributed by atoms with E-state index in [0.717, 1.165) is 23.6 Å². The van der Waals surface area contributed by atoms with Gasteiger partial charge in [0.25, 0.3) is 0 Å². The van der Waals surface area contributed by atoms with E-state index in [1.807, 2.05) is 39.0 Å². The first-order valence-electron chi connectivity index (χ1n) is 13.3. The molecule has 1 heterocycles. The second-order valence-electron chi connectivity index (χ2n) is 11.1. The van der Waals surface area contributed by atoms with Crippen LogP contribution in [0.25, 0.3) is 0 Å². The molecule has 0 aromatic carbocycles. The van der Waals surface area contributed by atoms with E-state index >= 15 is 0 Å². The highest BCUT2D eigenvalue weighted by atomic mass is 16.5. The van der Waals surface area contributed by atoms with Gasteiger partial charge in [-0.2, -0.15) is 0 Å². The molecule has 0 fully saturated rings. The van der Waals surface area contributed by atoms with Gasteiger partial charge in [-0.25, -0.2) is 9.59 Å². The topological polar surface area (TPSA) is 101 Å². The molecule has 210 valence electrons. The summed E-state index contributed by atoms with van der Waals surface area (Å²) in [5.41, 5.74) is 1.39. The van der Waals surface area contributed by atoms with Crippen molar-refractivity contribution in [2.24, 2.45) is 29.1 Å². The lowest BCUT2D eigenvalue weighted by Gasteiger charge is -2.40. The van der Waals surface area contributed by atoms with E-state index in [1.54, 1.807) is 33.8 Å². The minimum absolute atomic E-state index is 0.204. The molecule has 0 aromatic heterocycles. The van der Waals surface area contributed by atoms with Crippen LogP contribution >= 0.6 is 0 Å². The molecule has 1 rings (SSSR count). The molecule has 0 aliphatic carbocycles. The van der Waals surface area contributed by atoms with Crippen LogP contribution < -0.4 is 0 Å². The zero-order valence-electron chi connectivity index (χ0n) is 24.2. The molecule has 1 aliphatic rings. The first kappa shape index (κ1) is 33.0. The first-order chi connectivity index (χ1) is 17.6. The molecule has 0 saturated carbocycles. The Balaban J connectivity index is 3.31. The Hall–Kier alpha value is -2.99. The van der Waals surface area contributed by atoms with Gasteiger partial charge in [-0.05, 0) is 52.4 Å². The molecule has 6 heteroatoms. The molecule has 0 radical (unpaired) electrons. The van der Waals surface area contributed by atoms with Crippen LogP contribution in [-0.4, -0.2) is 40.1 Å². The minimum atomic E-state index is -1.19. The number of rotatable bonds is 14. The summed E-state index contributed by atoms with van der Waals surface area (Å²) < 4.78 is 5.69. The van der Waals surface area contributed by atoms with Gasteiger partial charge in [0.05, 0.1) is 11.5 Å². The molecule has 2 N–H and O–H groups in total. The van der Waals surface area contributed by atoms with Crippen LogP contribution in [0.2, 0.25) is 0 Å². The van der Waals surface area contributed by atoms with Crippen molar-refractivity contribution >= 4 is 17.7 Å². The number of esters is 1. The Morgan fingerprint density at radius 2 is 1.82 bits per heavy atom. The standard InChI is InChI=1S/C32H46O6/c1-10-20(2)16-21(3)12-11-13-22(4)19-32(9,31-24(6)14-15-28(35)38-31)30(37)26(8)29(36)25(7)17-23(5)18-27(33)34/h10-11,13-16,18-19,21,24-26,29,31,36H,1,12,17H2,2-9H3,(H,33,34)/b13-11+,20-16-,22-19+,23-18+/t21?,24-,25?,26?,29+,31-,32?/m0/s1. The lowest BCUT2D eigenvalue weighted by atomic mass is 9.68. The number of cyclic esters (lactones) is 1. The predicted molar refractivity (Wildman–Crippen MR) is 152 cm³/mol. The number of carbonyl (C=O) groups is 3. The van der Waals surface area contributed by atoms with Crippen LogP contribution in [0.3, 0.4) is 0 Å². The average Bonchev–Trinajstić information content (AvgIpc) is 2.83. The fraction of sp³-hybridized carbons (Fsp3) is 0.531. The Kier molecular flexibility index (Phi) is 12.9. The third kappa shape index (κ3) is 9.71. The van der Waals surface area contributed by atoms with E-state index < -0.39 is 35.5 Å². The van der Waals surface area contributed by atoms with Gasteiger partial charge in [-0.15, -0.1) is 0 Å². The van der Waals surface area contributed by atoms with Crippen molar-refractivity contribution < 1.29 is 29.3 Å². The van der Waals surface area contributed by atoms with Crippen LogP contribution in [0.1, 0.15) is 68.2 Å². The number of carboxylic acids is 1. The molecule has 1 aliphatic heterocycles. The van der Waals surface area contributed by atoms with E-state index in [1.165, 1.54) is 6.08 Å². The van der Waals surface area contributed by atoms with E-state index in [2.05, 4.69) is 25.7 Å².